The standard InChI is InChI=1S/C26H22F3N7O3S/c27-26(28,29)24-33-19(23(40-24)30-15-9-6-12-38-13-15)22-35-36-25(39-22)34-20-21(37)31-17-11-5-4-10-16(17)18(32-20)14-7-2-1-3-8-14/h1-5,7-8,10-11,15,20,30H,6,9,12-13H2,(H,31,37)(H,34,36)/t15-,20-/m1/s1. The largest absolute Gasteiger partial charge is 0.443 e. The van der Waals surface area contributed by atoms with E-state index in [0.29, 0.717) is 35.9 Å². The monoisotopic (exact) mass is 569 g/mol. The van der Waals surface area contributed by atoms with Crippen LogP contribution in [0.5, 0.6) is 0 Å². The quantitative estimate of drug-likeness (QED) is 0.295. The number of rotatable bonds is 6. The van der Waals surface area contributed by atoms with E-state index in [2.05, 4.69) is 36.1 Å². The van der Waals surface area contributed by atoms with Crippen molar-refractivity contribution in [3.63, 3.8) is 0 Å². The lowest BCUT2D eigenvalue weighted by Crippen LogP contribution is -2.32. The van der Waals surface area contributed by atoms with Crippen molar-refractivity contribution in [3.8, 4) is 11.6 Å². The number of aliphatic imine (C=N–C) groups is 1. The number of halogens is 3. The van der Waals surface area contributed by atoms with E-state index in [1.807, 2.05) is 42.5 Å². The van der Waals surface area contributed by atoms with Gasteiger partial charge in [0.2, 0.25) is 11.2 Å². The summed E-state index contributed by atoms with van der Waals surface area (Å²) in [5, 5.41) is 15.6. The van der Waals surface area contributed by atoms with Crippen LogP contribution >= 0.6 is 11.3 Å². The van der Waals surface area contributed by atoms with Gasteiger partial charge in [-0.05, 0) is 18.9 Å². The van der Waals surface area contributed by atoms with Gasteiger partial charge in [-0.3, -0.25) is 4.79 Å². The van der Waals surface area contributed by atoms with Crippen molar-refractivity contribution in [1.29, 1.82) is 0 Å². The van der Waals surface area contributed by atoms with Crippen LogP contribution in [0.25, 0.3) is 11.6 Å². The van der Waals surface area contributed by atoms with Crippen molar-refractivity contribution in [3.05, 3.63) is 70.7 Å². The SMILES string of the molecule is O=C1Nc2ccccc2C(c2ccccc2)=N[C@@H]1Nc1nnc(-c2nc(C(F)(F)F)sc2N[C@@H]2CCCOC2)o1. The number of thiazole rings is 1. The summed E-state index contributed by atoms with van der Waals surface area (Å²) in [6.45, 7) is 0.963. The number of para-hydroxylation sites is 1. The highest BCUT2D eigenvalue weighted by Crippen LogP contribution is 2.41. The van der Waals surface area contributed by atoms with Gasteiger partial charge in [0.05, 0.1) is 24.0 Å². The molecule has 2 aliphatic heterocycles. The van der Waals surface area contributed by atoms with Gasteiger partial charge in [0, 0.05) is 17.7 Å². The minimum atomic E-state index is -4.65. The smallest absolute Gasteiger partial charge is 0.402 e. The van der Waals surface area contributed by atoms with Gasteiger partial charge in [-0.25, -0.2) is 9.98 Å². The van der Waals surface area contributed by atoms with Crippen molar-refractivity contribution in [1.82, 2.24) is 15.2 Å². The predicted molar refractivity (Wildman–Crippen MR) is 142 cm³/mol. The van der Waals surface area contributed by atoms with Crippen molar-refractivity contribution in [2.24, 2.45) is 4.99 Å². The summed E-state index contributed by atoms with van der Waals surface area (Å²) in [7, 11) is 0. The molecule has 2 atom stereocenters. The van der Waals surface area contributed by atoms with E-state index in [0.717, 1.165) is 24.0 Å². The summed E-state index contributed by atoms with van der Waals surface area (Å²) in [5.74, 6) is -0.719. The Bertz CT molecular complexity index is 1550. The number of fused-ring (bicyclic) bond motifs is 1. The van der Waals surface area contributed by atoms with E-state index < -0.39 is 23.3 Å². The lowest BCUT2D eigenvalue weighted by Gasteiger charge is -2.23. The number of benzodiazepines with no additional fused rings is 1. The fraction of sp³-hybridized carbons (Fsp3) is 0.269. The fourth-order valence-electron chi connectivity index (χ4n) is 4.40. The number of carbonyl (C=O) groups is 1. The summed E-state index contributed by atoms with van der Waals surface area (Å²) >= 11 is 0.457. The summed E-state index contributed by atoms with van der Waals surface area (Å²) in [4.78, 5) is 21.5. The number of amides is 1. The van der Waals surface area contributed by atoms with Crippen molar-refractivity contribution in [2.75, 3.05) is 29.2 Å². The maximum Gasteiger partial charge on any atom is 0.443 e. The zero-order chi connectivity index (χ0) is 27.7. The molecule has 10 nitrogen and oxygen atoms in total. The molecule has 0 aliphatic carbocycles. The molecular formula is C26H22F3N7O3S. The number of hydrogen-bond acceptors (Lipinski definition) is 10. The highest BCUT2D eigenvalue weighted by Gasteiger charge is 2.38. The molecule has 3 N–H and O–H groups in total. The molecule has 0 unspecified atom stereocenters. The van der Waals surface area contributed by atoms with Crippen LogP contribution in [-0.2, 0) is 15.7 Å². The normalized spacial score (nSPS) is 19.3. The lowest BCUT2D eigenvalue weighted by molar-refractivity contribution is -0.137. The van der Waals surface area contributed by atoms with Gasteiger partial charge in [-0.2, -0.15) is 13.2 Å². The Morgan fingerprint density at radius 1 is 1.02 bits per heavy atom. The van der Waals surface area contributed by atoms with Crippen LogP contribution in [0.1, 0.15) is 29.0 Å². The first-order valence-electron chi connectivity index (χ1n) is 12.4. The molecule has 1 amide bonds. The van der Waals surface area contributed by atoms with Crippen LogP contribution in [0, 0.1) is 0 Å². The molecule has 2 aromatic carbocycles. The molecule has 0 bridgehead atoms. The fourth-order valence-corrected chi connectivity index (χ4v) is 5.30. The predicted octanol–water partition coefficient (Wildman–Crippen LogP) is 5.03. The van der Waals surface area contributed by atoms with Crippen LogP contribution in [0.3, 0.4) is 0 Å². The number of nitrogens with zero attached hydrogens (tertiary/aromatic N) is 4. The molecule has 1 fully saturated rings. The van der Waals surface area contributed by atoms with E-state index in [1.165, 1.54) is 0 Å². The highest BCUT2D eigenvalue weighted by molar-refractivity contribution is 7.16. The van der Waals surface area contributed by atoms with Gasteiger partial charge >= 0.3 is 12.2 Å². The lowest BCUT2D eigenvalue weighted by atomic mass is 10.0. The number of carbonyl (C=O) groups excluding carboxylic acids is 1. The van der Waals surface area contributed by atoms with Gasteiger partial charge in [-0.1, -0.05) is 65.0 Å². The van der Waals surface area contributed by atoms with Gasteiger partial charge in [-0.15, -0.1) is 5.10 Å². The molecule has 0 saturated carbocycles. The Labute approximate surface area is 229 Å². The average molecular weight is 570 g/mol. The summed E-state index contributed by atoms with van der Waals surface area (Å²) in [6.07, 6.45) is -4.31. The number of hydrogen-bond donors (Lipinski definition) is 3. The van der Waals surface area contributed by atoms with E-state index in [1.54, 1.807) is 12.1 Å². The third kappa shape index (κ3) is 5.40. The maximum atomic E-state index is 13.5. The van der Waals surface area contributed by atoms with Gasteiger partial charge < -0.3 is 25.1 Å². The summed E-state index contributed by atoms with van der Waals surface area (Å²) in [6, 6.07) is 16.2. The van der Waals surface area contributed by atoms with Crippen molar-refractivity contribution in [2.45, 2.75) is 31.2 Å². The third-order valence-electron chi connectivity index (χ3n) is 6.25. The second kappa shape index (κ2) is 10.7. The van der Waals surface area contributed by atoms with Gasteiger partial charge in [0.25, 0.3) is 11.8 Å². The van der Waals surface area contributed by atoms with Crippen LogP contribution in [0.15, 0.2) is 64.0 Å². The average Bonchev–Trinajstić information content (AvgIpc) is 3.56. The highest BCUT2D eigenvalue weighted by atomic mass is 32.1. The molecule has 1 saturated heterocycles. The second-order valence-electron chi connectivity index (χ2n) is 9.09. The number of anilines is 3. The first kappa shape index (κ1) is 26.0. The Morgan fingerprint density at radius 2 is 1.82 bits per heavy atom. The first-order chi connectivity index (χ1) is 19.3. The molecule has 4 aromatic rings. The topological polar surface area (TPSA) is 127 Å². The second-order valence-corrected chi connectivity index (χ2v) is 10.1. The molecule has 4 heterocycles. The molecule has 0 radical (unpaired) electrons. The molecule has 40 heavy (non-hydrogen) atoms. The van der Waals surface area contributed by atoms with Gasteiger partial charge in [0.1, 0.15) is 5.00 Å². The Morgan fingerprint density at radius 3 is 2.60 bits per heavy atom. The number of alkyl halides is 3. The maximum absolute atomic E-state index is 13.5. The van der Waals surface area contributed by atoms with Crippen molar-refractivity contribution < 1.29 is 27.1 Å². The Hall–Kier alpha value is -4.30. The minimum Gasteiger partial charge on any atom is -0.402 e. The van der Waals surface area contributed by atoms with E-state index in [4.69, 9.17) is 9.15 Å². The van der Waals surface area contributed by atoms with Crippen LogP contribution in [-0.4, -0.2) is 52.2 Å². The van der Waals surface area contributed by atoms with Crippen molar-refractivity contribution >= 4 is 39.7 Å². The van der Waals surface area contributed by atoms with E-state index in [9.17, 15) is 18.0 Å². The zero-order valence-corrected chi connectivity index (χ0v) is 21.6. The third-order valence-corrected chi connectivity index (χ3v) is 7.28. The van der Waals surface area contributed by atoms with E-state index in [-0.39, 0.29) is 28.6 Å². The number of aromatic nitrogens is 3. The number of benzene rings is 2. The molecule has 206 valence electrons. The van der Waals surface area contributed by atoms with Gasteiger partial charge in [0.15, 0.2) is 5.69 Å². The van der Waals surface area contributed by atoms with Crippen LogP contribution in [0.4, 0.5) is 29.9 Å². The molecule has 0 spiro atoms. The first-order valence-corrected chi connectivity index (χ1v) is 13.2. The Kier molecular flexibility index (Phi) is 6.94. The number of nitrogens with one attached hydrogen (secondary N) is 3. The Balaban J connectivity index is 1.31. The minimum absolute atomic E-state index is 0.130. The molecule has 2 aliphatic rings. The molecule has 2 aromatic heterocycles. The molecule has 6 rings (SSSR count). The number of ether oxygens (including phenoxy) is 1. The van der Waals surface area contributed by atoms with Crippen LogP contribution in [0.2, 0.25) is 0 Å². The van der Waals surface area contributed by atoms with Crippen LogP contribution < -0.4 is 16.0 Å². The summed E-state index contributed by atoms with van der Waals surface area (Å²) in [5.41, 5.74) is 2.52. The zero-order valence-electron chi connectivity index (χ0n) is 20.7. The molecular weight excluding hydrogens is 547 g/mol. The van der Waals surface area contributed by atoms with E-state index >= 15 is 0 Å². The summed E-state index contributed by atoms with van der Waals surface area (Å²) < 4.78 is 51.6. The molecule has 14 heteroatoms.